The van der Waals surface area contributed by atoms with Gasteiger partial charge in [0, 0.05) is 30.0 Å². The lowest BCUT2D eigenvalue weighted by molar-refractivity contribution is 0.0948. The number of carbonyl (C=O) groups is 1. The summed E-state index contributed by atoms with van der Waals surface area (Å²) < 4.78 is 0.827. The van der Waals surface area contributed by atoms with Crippen molar-refractivity contribution in [2.24, 2.45) is 0 Å². The summed E-state index contributed by atoms with van der Waals surface area (Å²) in [6.45, 7) is 3.96. The van der Waals surface area contributed by atoms with Crippen molar-refractivity contribution in [3.05, 3.63) is 28.5 Å². The van der Waals surface area contributed by atoms with Crippen molar-refractivity contribution in [3.63, 3.8) is 0 Å². The van der Waals surface area contributed by atoms with Gasteiger partial charge in [-0.2, -0.15) is 0 Å². The average Bonchev–Trinajstić information content (AvgIpc) is 2.67. The highest BCUT2D eigenvalue weighted by Gasteiger charge is 2.10. The summed E-state index contributed by atoms with van der Waals surface area (Å²) in [6, 6.07) is 1.79. The molecule has 0 bridgehead atoms. The van der Waals surface area contributed by atoms with Gasteiger partial charge in [0.1, 0.15) is 0 Å². The van der Waals surface area contributed by atoms with Crippen LogP contribution in [-0.2, 0) is 0 Å². The van der Waals surface area contributed by atoms with E-state index >= 15 is 0 Å². The zero-order valence-electron chi connectivity index (χ0n) is 11.1. The molecule has 2 rings (SSSR count). The van der Waals surface area contributed by atoms with Gasteiger partial charge in [-0.05, 0) is 47.9 Å². The van der Waals surface area contributed by atoms with Crippen LogP contribution in [0.3, 0.4) is 0 Å². The third-order valence-corrected chi connectivity index (χ3v) is 3.81. The third kappa shape index (κ3) is 4.91. The highest BCUT2D eigenvalue weighted by molar-refractivity contribution is 9.10. The predicted molar refractivity (Wildman–Crippen MR) is 79.2 cm³/mol. The summed E-state index contributed by atoms with van der Waals surface area (Å²) in [7, 11) is 0. The van der Waals surface area contributed by atoms with Gasteiger partial charge in [-0.3, -0.25) is 9.78 Å². The van der Waals surface area contributed by atoms with Crippen molar-refractivity contribution < 1.29 is 4.79 Å². The predicted octanol–water partition coefficient (Wildman–Crippen LogP) is 2.45. The number of hydrogen-bond donors (Lipinski definition) is 1. The van der Waals surface area contributed by atoms with Crippen LogP contribution in [0.5, 0.6) is 0 Å². The largest absolute Gasteiger partial charge is 0.351 e. The molecule has 1 amide bonds. The van der Waals surface area contributed by atoms with Crippen LogP contribution in [0.2, 0.25) is 0 Å². The molecule has 0 radical (unpaired) electrons. The number of aromatic nitrogens is 1. The van der Waals surface area contributed by atoms with Gasteiger partial charge < -0.3 is 10.2 Å². The highest BCUT2D eigenvalue weighted by Crippen LogP contribution is 2.10. The quantitative estimate of drug-likeness (QED) is 0.924. The van der Waals surface area contributed by atoms with Gasteiger partial charge in [-0.25, -0.2) is 0 Å². The summed E-state index contributed by atoms with van der Waals surface area (Å²) in [4.78, 5) is 18.4. The zero-order chi connectivity index (χ0) is 13.5. The molecule has 5 heteroatoms. The molecule has 0 aromatic carbocycles. The molecule has 1 aliphatic heterocycles. The number of pyridine rings is 1. The molecule has 1 aromatic rings. The summed E-state index contributed by atoms with van der Waals surface area (Å²) in [6.07, 6.45) is 8.51. The Bertz CT molecular complexity index is 417. The molecule has 0 spiro atoms. The normalized spacial score (nSPS) is 16.9. The SMILES string of the molecule is O=C(NCCN1CCCCCC1)c1cncc(Br)c1. The molecule has 0 aliphatic carbocycles. The lowest BCUT2D eigenvalue weighted by atomic mass is 10.2. The van der Waals surface area contributed by atoms with E-state index in [1.54, 1.807) is 18.5 Å². The number of amides is 1. The Morgan fingerprint density at radius 1 is 1.26 bits per heavy atom. The molecule has 1 N–H and O–H groups in total. The first-order chi connectivity index (χ1) is 9.25. The zero-order valence-corrected chi connectivity index (χ0v) is 12.7. The van der Waals surface area contributed by atoms with Crippen LogP contribution in [0, 0.1) is 0 Å². The van der Waals surface area contributed by atoms with Gasteiger partial charge in [0.15, 0.2) is 0 Å². The Balaban J connectivity index is 1.74. The van der Waals surface area contributed by atoms with Gasteiger partial charge in [0.25, 0.3) is 5.91 Å². The molecule has 19 heavy (non-hydrogen) atoms. The van der Waals surface area contributed by atoms with E-state index in [9.17, 15) is 4.79 Å². The van der Waals surface area contributed by atoms with Crippen LogP contribution < -0.4 is 5.32 Å². The second kappa shape index (κ2) is 7.60. The maximum absolute atomic E-state index is 11.9. The monoisotopic (exact) mass is 325 g/mol. The smallest absolute Gasteiger partial charge is 0.252 e. The fourth-order valence-corrected chi connectivity index (χ4v) is 2.69. The first kappa shape index (κ1) is 14.5. The lowest BCUT2D eigenvalue weighted by Crippen LogP contribution is -2.35. The van der Waals surface area contributed by atoms with E-state index in [0.29, 0.717) is 12.1 Å². The van der Waals surface area contributed by atoms with Gasteiger partial charge in [-0.1, -0.05) is 12.8 Å². The number of nitrogens with zero attached hydrogens (tertiary/aromatic N) is 2. The van der Waals surface area contributed by atoms with E-state index in [-0.39, 0.29) is 5.91 Å². The molecular weight excluding hydrogens is 306 g/mol. The molecule has 0 atom stereocenters. The van der Waals surface area contributed by atoms with E-state index in [1.807, 2.05) is 0 Å². The van der Waals surface area contributed by atoms with Crippen LogP contribution in [0.15, 0.2) is 22.9 Å². The summed E-state index contributed by atoms with van der Waals surface area (Å²) >= 11 is 3.32. The molecule has 0 unspecified atom stereocenters. The summed E-state index contributed by atoms with van der Waals surface area (Å²) in [5.74, 6) is -0.0522. The van der Waals surface area contributed by atoms with Crippen molar-refractivity contribution in [2.45, 2.75) is 25.7 Å². The Labute approximate surface area is 122 Å². The van der Waals surface area contributed by atoms with E-state index < -0.39 is 0 Å². The van der Waals surface area contributed by atoms with E-state index in [4.69, 9.17) is 0 Å². The van der Waals surface area contributed by atoms with Gasteiger partial charge in [0.05, 0.1) is 5.56 Å². The minimum absolute atomic E-state index is 0.0522. The summed E-state index contributed by atoms with van der Waals surface area (Å²) in [5, 5.41) is 2.95. The number of halogens is 1. The van der Waals surface area contributed by atoms with Crippen molar-refractivity contribution >= 4 is 21.8 Å². The Morgan fingerprint density at radius 2 is 2.00 bits per heavy atom. The maximum atomic E-state index is 11.9. The number of likely N-dealkylation sites (tertiary alicyclic amines) is 1. The fraction of sp³-hybridized carbons (Fsp3) is 0.571. The standard InChI is InChI=1S/C14H20BrN3O/c15-13-9-12(10-16-11-13)14(19)17-5-8-18-6-3-1-2-4-7-18/h9-11H,1-8H2,(H,17,19). The molecule has 1 fully saturated rings. The minimum Gasteiger partial charge on any atom is -0.351 e. The van der Waals surface area contributed by atoms with Gasteiger partial charge in [0.2, 0.25) is 0 Å². The maximum Gasteiger partial charge on any atom is 0.252 e. The Hall–Kier alpha value is -0.940. The Kier molecular flexibility index (Phi) is 5.79. The fourth-order valence-electron chi connectivity index (χ4n) is 2.33. The second-order valence-corrected chi connectivity index (χ2v) is 5.82. The average molecular weight is 326 g/mol. The second-order valence-electron chi connectivity index (χ2n) is 4.90. The molecule has 1 aromatic heterocycles. The molecule has 0 saturated carbocycles. The van der Waals surface area contributed by atoms with Gasteiger partial charge >= 0.3 is 0 Å². The van der Waals surface area contributed by atoms with E-state index in [1.165, 1.54) is 25.7 Å². The number of hydrogen-bond acceptors (Lipinski definition) is 3. The number of nitrogens with one attached hydrogen (secondary N) is 1. The molecule has 1 saturated heterocycles. The van der Waals surface area contributed by atoms with Crippen molar-refractivity contribution in [3.8, 4) is 0 Å². The highest BCUT2D eigenvalue weighted by atomic mass is 79.9. The minimum atomic E-state index is -0.0522. The topological polar surface area (TPSA) is 45.2 Å². The van der Waals surface area contributed by atoms with Crippen LogP contribution >= 0.6 is 15.9 Å². The van der Waals surface area contributed by atoms with E-state index in [2.05, 4.69) is 31.1 Å². The molecule has 104 valence electrons. The molecular formula is C14H20BrN3O. The van der Waals surface area contributed by atoms with Crippen molar-refractivity contribution in [1.82, 2.24) is 15.2 Å². The first-order valence-corrected chi connectivity index (χ1v) is 7.66. The lowest BCUT2D eigenvalue weighted by Gasteiger charge is -2.19. The van der Waals surface area contributed by atoms with Crippen LogP contribution in [0.25, 0.3) is 0 Å². The van der Waals surface area contributed by atoms with Gasteiger partial charge in [-0.15, -0.1) is 0 Å². The first-order valence-electron chi connectivity index (χ1n) is 6.87. The van der Waals surface area contributed by atoms with Crippen LogP contribution in [0.1, 0.15) is 36.0 Å². The number of carbonyl (C=O) groups excluding carboxylic acids is 1. The Morgan fingerprint density at radius 3 is 2.68 bits per heavy atom. The number of rotatable bonds is 4. The molecule has 1 aliphatic rings. The molecule has 2 heterocycles. The van der Waals surface area contributed by atoms with E-state index in [0.717, 1.165) is 24.1 Å². The third-order valence-electron chi connectivity index (χ3n) is 3.38. The van der Waals surface area contributed by atoms with Crippen LogP contribution in [-0.4, -0.2) is 42.0 Å². The van der Waals surface area contributed by atoms with Crippen LogP contribution in [0.4, 0.5) is 0 Å². The molecule has 4 nitrogen and oxygen atoms in total. The van der Waals surface area contributed by atoms with Crippen molar-refractivity contribution in [2.75, 3.05) is 26.2 Å². The summed E-state index contributed by atoms with van der Waals surface area (Å²) in [5.41, 5.74) is 0.602. The van der Waals surface area contributed by atoms with Crippen molar-refractivity contribution in [1.29, 1.82) is 0 Å².